The Morgan fingerprint density at radius 1 is 1.30 bits per heavy atom. The molecule has 20 heavy (non-hydrogen) atoms. The number of pyridine rings is 1. The van der Waals surface area contributed by atoms with E-state index >= 15 is 0 Å². The fourth-order valence-corrected chi connectivity index (χ4v) is 2.26. The Morgan fingerprint density at radius 3 is 2.65 bits per heavy atom. The third-order valence-corrected chi connectivity index (χ3v) is 3.13. The number of aryl methyl sites for hydroxylation is 2. The monoisotopic (exact) mass is 272 g/mol. The van der Waals surface area contributed by atoms with E-state index in [1.54, 1.807) is 37.2 Å². The molecule has 0 aliphatic rings. The van der Waals surface area contributed by atoms with Gasteiger partial charge in [0.1, 0.15) is 16.8 Å². The van der Waals surface area contributed by atoms with Gasteiger partial charge in [-0.3, -0.25) is 4.68 Å². The van der Waals surface area contributed by atoms with Crippen molar-refractivity contribution in [3.8, 4) is 16.9 Å². The summed E-state index contributed by atoms with van der Waals surface area (Å²) in [7, 11) is 1.79. The standard InChI is InChI=1S/C13H12N4O3/c1-7-11(13(19)20)12-10(18)3-8(6-17(12)15-7)9-4-14-16(2)5-9/h3-6,18H,1-2H3,(H,19,20). The minimum atomic E-state index is -1.11. The molecule has 0 spiro atoms. The lowest BCUT2D eigenvalue weighted by Crippen LogP contribution is -1.98. The highest BCUT2D eigenvalue weighted by Gasteiger charge is 2.20. The van der Waals surface area contributed by atoms with Gasteiger partial charge in [-0.15, -0.1) is 0 Å². The lowest BCUT2D eigenvalue weighted by Gasteiger charge is -2.03. The molecular formula is C13H12N4O3. The Bertz CT molecular complexity index is 832. The summed E-state index contributed by atoms with van der Waals surface area (Å²) in [5.41, 5.74) is 2.09. The average molecular weight is 272 g/mol. The third-order valence-electron chi connectivity index (χ3n) is 3.13. The molecule has 0 aromatic carbocycles. The Morgan fingerprint density at radius 2 is 2.05 bits per heavy atom. The molecule has 2 N–H and O–H groups in total. The SMILES string of the molecule is Cc1nn2cc(-c3cnn(C)c3)cc(O)c2c1C(=O)O. The minimum absolute atomic E-state index is 0.0141. The molecule has 102 valence electrons. The number of fused-ring (bicyclic) bond motifs is 1. The van der Waals surface area contributed by atoms with E-state index in [1.165, 1.54) is 10.6 Å². The topological polar surface area (TPSA) is 92.7 Å². The molecule has 3 aromatic heterocycles. The summed E-state index contributed by atoms with van der Waals surface area (Å²) < 4.78 is 3.03. The molecule has 0 saturated carbocycles. The number of aromatic hydroxyl groups is 1. The fraction of sp³-hybridized carbons (Fsp3) is 0.154. The van der Waals surface area contributed by atoms with Gasteiger partial charge in [0, 0.05) is 30.6 Å². The lowest BCUT2D eigenvalue weighted by atomic mass is 10.1. The van der Waals surface area contributed by atoms with E-state index in [9.17, 15) is 15.0 Å². The number of hydrogen-bond donors (Lipinski definition) is 2. The highest BCUT2D eigenvalue weighted by molar-refractivity contribution is 5.99. The zero-order chi connectivity index (χ0) is 14.4. The molecule has 7 nitrogen and oxygen atoms in total. The predicted molar refractivity (Wildman–Crippen MR) is 70.8 cm³/mol. The summed E-state index contributed by atoms with van der Waals surface area (Å²) in [6.45, 7) is 1.60. The number of carboxylic acids is 1. The maximum absolute atomic E-state index is 11.2. The van der Waals surface area contributed by atoms with Crippen molar-refractivity contribution < 1.29 is 15.0 Å². The number of carboxylic acid groups (broad SMARTS) is 1. The van der Waals surface area contributed by atoms with Gasteiger partial charge in [0.15, 0.2) is 0 Å². The normalized spacial score (nSPS) is 11.1. The smallest absolute Gasteiger partial charge is 0.339 e. The van der Waals surface area contributed by atoms with Crippen LogP contribution in [0.3, 0.4) is 0 Å². The van der Waals surface area contributed by atoms with Crippen molar-refractivity contribution in [2.24, 2.45) is 7.05 Å². The maximum Gasteiger partial charge on any atom is 0.339 e. The van der Waals surface area contributed by atoms with E-state index in [1.807, 2.05) is 0 Å². The quantitative estimate of drug-likeness (QED) is 0.736. The molecule has 0 bridgehead atoms. The molecule has 0 aliphatic carbocycles. The van der Waals surface area contributed by atoms with Crippen LogP contribution >= 0.6 is 0 Å². The fourth-order valence-electron chi connectivity index (χ4n) is 2.26. The van der Waals surface area contributed by atoms with Crippen molar-refractivity contribution in [2.75, 3.05) is 0 Å². The van der Waals surface area contributed by atoms with Gasteiger partial charge < -0.3 is 10.2 Å². The first kappa shape index (κ1) is 12.2. The summed E-state index contributed by atoms with van der Waals surface area (Å²) in [6, 6.07) is 1.51. The zero-order valence-corrected chi connectivity index (χ0v) is 10.9. The maximum atomic E-state index is 11.2. The largest absolute Gasteiger partial charge is 0.506 e. The summed E-state index contributed by atoms with van der Waals surface area (Å²) in [4.78, 5) is 11.2. The van der Waals surface area contributed by atoms with E-state index < -0.39 is 5.97 Å². The van der Waals surface area contributed by atoms with E-state index in [0.29, 0.717) is 11.3 Å². The highest BCUT2D eigenvalue weighted by atomic mass is 16.4. The van der Waals surface area contributed by atoms with E-state index in [-0.39, 0.29) is 16.8 Å². The Kier molecular flexibility index (Phi) is 2.50. The van der Waals surface area contributed by atoms with Gasteiger partial charge in [0.25, 0.3) is 0 Å². The number of hydrogen-bond acceptors (Lipinski definition) is 4. The molecular weight excluding hydrogens is 260 g/mol. The van der Waals surface area contributed by atoms with Crippen molar-refractivity contribution in [1.29, 1.82) is 0 Å². The van der Waals surface area contributed by atoms with Crippen LogP contribution in [0.5, 0.6) is 5.75 Å². The van der Waals surface area contributed by atoms with Crippen molar-refractivity contribution in [3.63, 3.8) is 0 Å². The summed E-state index contributed by atoms with van der Waals surface area (Å²) in [5, 5.41) is 27.5. The summed E-state index contributed by atoms with van der Waals surface area (Å²) >= 11 is 0. The van der Waals surface area contributed by atoms with Crippen molar-refractivity contribution >= 4 is 11.5 Å². The molecule has 0 radical (unpaired) electrons. The molecule has 7 heteroatoms. The number of rotatable bonds is 2. The van der Waals surface area contributed by atoms with E-state index in [2.05, 4.69) is 10.2 Å². The van der Waals surface area contributed by atoms with Crippen molar-refractivity contribution in [3.05, 3.63) is 35.9 Å². The number of aromatic nitrogens is 4. The van der Waals surface area contributed by atoms with E-state index in [0.717, 1.165) is 5.56 Å². The van der Waals surface area contributed by atoms with Gasteiger partial charge in [0.2, 0.25) is 0 Å². The van der Waals surface area contributed by atoms with Gasteiger partial charge in [-0.05, 0) is 13.0 Å². The second-order valence-electron chi connectivity index (χ2n) is 4.58. The molecule has 3 heterocycles. The molecule has 0 saturated heterocycles. The molecule has 0 aliphatic heterocycles. The van der Waals surface area contributed by atoms with Gasteiger partial charge in [0.05, 0.1) is 11.9 Å². The first-order chi connectivity index (χ1) is 9.47. The third kappa shape index (κ3) is 1.71. The number of nitrogens with zero attached hydrogens (tertiary/aromatic N) is 4. The van der Waals surface area contributed by atoms with Crippen molar-refractivity contribution in [1.82, 2.24) is 19.4 Å². The molecule has 0 atom stereocenters. The van der Waals surface area contributed by atoms with Crippen LogP contribution in [0.4, 0.5) is 0 Å². The van der Waals surface area contributed by atoms with E-state index in [4.69, 9.17) is 0 Å². The average Bonchev–Trinajstić information content (AvgIpc) is 2.92. The van der Waals surface area contributed by atoms with Crippen LogP contribution in [-0.4, -0.2) is 35.6 Å². The van der Waals surface area contributed by atoms with Gasteiger partial charge >= 0.3 is 5.97 Å². The first-order valence-corrected chi connectivity index (χ1v) is 5.91. The molecule has 0 unspecified atom stereocenters. The van der Waals surface area contributed by atoms with Gasteiger partial charge in [-0.1, -0.05) is 0 Å². The van der Waals surface area contributed by atoms with Crippen LogP contribution in [-0.2, 0) is 7.05 Å². The summed E-state index contributed by atoms with van der Waals surface area (Å²) in [6.07, 6.45) is 5.13. The zero-order valence-electron chi connectivity index (χ0n) is 10.9. The second-order valence-corrected chi connectivity index (χ2v) is 4.58. The van der Waals surface area contributed by atoms with Crippen LogP contribution in [0.2, 0.25) is 0 Å². The minimum Gasteiger partial charge on any atom is -0.506 e. The molecule has 3 rings (SSSR count). The van der Waals surface area contributed by atoms with Crippen LogP contribution in [0.1, 0.15) is 16.1 Å². The lowest BCUT2D eigenvalue weighted by molar-refractivity contribution is 0.0698. The van der Waals surface area contributed by atoms with Crippen LogP contribution in [0, 0.1) is 6.92 Å². The first-order valence-electron chi connectivity index (χ1n) is 5.91. The Balaban J connectivity index is 2.28. The van der Waals surface area contributed by atoms with Gasteiger partial charge in [-0.25, -0.2) is 9.31 Å². The van der Waals surface area contributed by atoms with Crippen LogP contribution in [0.15, 0.2) is 24.7 Å². The molecule has 3 aromatic rings. The highest BCUT2D eigenvalue weighted by Crippen LogP contribution is 2.30. The Labute approximate surface area is 113 Å². The van der Waals surface area contributed by atoms with Crippen LogP contribution in [0.25, 0.3) is 16.6 Å². The van der Waals surface area contributed by atoms with Crippen molar-refractivity contribution in [2.45, 2.75) is 6.92 Å². The molecule has 0 fully saturated rings. The van der Waals surface area contributed by atoms with Crippen LogP contribution < -0.4 is 0 Å². The molecule has 0 amide bonds. The number of aromatic carboxylic acids is 1. The second kappa shape index (κ2) is 4.09. The van der Waals surface area contributed by atoms with Gasteiger partial charge in [-0.2, -0.15) is 10.2 Å². The summed E-state index contributed by atoms with van der Waals surface area (Å²) in [5.74, 6) is -1.23. The Hall–Kier alpha value is -2.83. The number of carbonyl (C=O) groups is 1. The predicted octanol–water partition coefficient (Wildman–Crippen LogP) is 1.45.